The molecule has 0 aromatic carbocycles. The Morgan fingerprint density at radius 1 is 1.18 bits per heavy atom. The van der Waals surface area contributed by atoms with E-state index < -0.39 is 0 Å². The lowest BCUT2D eigenvalue weighted by Gasteiger charge is -2.34. The molecule has 2 fully saturated rings. The van der Waals surface area contributed by atoms with E-state index in [2.05, 4.69) is 4.90 Å². The predicted octanol–water partition coefficient (Wildman–Crippen LogP) is -0.331. The van der Waals surface area contributed by atoms with Gasteiger partial charge < -0.3 is 9.47 Å². The van der Waals surface area contributed by atoms with Crippen LogP contribution in [-0.2, 0) is 30.1 Å². The lowest BCUT2D eigenvalue weighted by Crippen LogP contribution is -2.43. The molecule has 122 valence electrons. The van der Waals surface area contributed by atoms with E-state index in [1.54, 1.807) is 17.7 Å². The van der Waals surface area contributed by atoms with Crippen LogP contribution in [0.15, 0.2) is 15.7 Å². The monoisotopic (exact) mass is 309 g/mol. The quantitative estimate of drug-likeness (QED) is 0.765. The van der Waals surface area contributed by atoms with Crippen molar-refractivity contribution in [2.45, 2.75) is 25.7 Å². The zero-order valence-electron chi connectivity index (χ0n) is 13.2. The van der Waals surface area contributed by atoms with E-state index in [0.717, 1.165) is 36.2 Å². The fraction of sp³-hybridized carbons (Fsp3) is 0.733. The molecule has 1 atom stereocenters. The van der Waals surface area contributed by atoms with Crippen LogP contribution in [-0.4, -0.2) is 46.6 Å². The zero-order chi connectivity index (χ0) is 15.7. The van der Waals surface area contributed by atoms with Crippen molar-refractivity contribution in [1.82, 2.24) is 14.0 Å². The van der Waals surface area contributed by atoms with Crippen molar-refractivity contribution in [1.29, 1.82) is 0 Å². The Bertz CT molecular complexity index is 645. The van der Waals surface area contributed by atoms with E-state index in [1.807, 2.05) is 0 Å². The third-order valence-corrected chi connectivity index (χ3v) is 4.59. The molecule has 0 N–H and O–H groups in total. The van der Waals surface area contributed by atoms with E-state index in [9.17, 15) is 9.59 Å². The molecule has 2 saturated heterocycles. The van der Waals surface area contributed by atoms with Gasteiger partial charge in [-0.2, -0.15) is 0 Å². The van der Waals surface area contributed by atoms with Gasteiger partial charge in [0.15, 0.2) is 6.29 Å². The average Bonchev–Trinajstić information content (AvgIpc) is 3.05. The summed E-state index contributed by atoms with van der Waals surface area (Å²) in [5, 5.41) is 0. The van der Waals surface area contributed by atoms with E-state index in [4.69, 9.17) is 9.47 Å². The third kappa shape index (κ3) is 3.02. The lowest BCUT2D eigenvalue weighted by molar-refractivity contribution is -0.101. The largest absolute Gasteiger partial charge is 0.350 e. The number of rotatable bonds is 3. The van der Waals surface area contributed by atoms with E-state index in [-0.39, 0.29) is 17.5 Å². The number of likely N-dealkylation sites (tertiary alicyclic amines) is 1. The second kappa shape index (κ2) is 6.36. The average molecular weight is 309 g/mol. The van der Waals surface area contributed by atoms with Gasteiger partial charge >= 0.3 is 5.69 Å². The first-order valence-electron chi connectivity index (χ1n) is 7.78. The highest BCUT2D eigenvalue weighted by Gasteiger charge is 2.31. The minimum absolute atomic E-state index is 0.102. The van der Waals surface area contributed by atoms with Crippen molar-refractivity contribution in [3.8, 4) is 0 Å². The summed E-state index contributed by atoms with van der Waals surface area (Å²) in [4.78, 5) is 26.1. The van der Waals surface area contributed by atoms with Gasteiger partial charge in [-0.3, -0.25) is 18.8 Å². The molecule has 1 aromatic rings. The Labute approximate surface area is 129 Å². The number of piperidine rings is 1. The fourth-order valence-electron chi connectivity index (χ4n) is 3.26. The Balaban J connectivity index is 1.73. The van der Waals surface area contributed by atoms with Crippen molar-refractivity contribution in [3.63, 3.8) is 0 Å². The molecule has 3 rings (SSSR count). The minimum Gasteiger partial charge on any atom is -0.350 e. The van der Waals surface area contributed by atoms with Crippen LogP contribution in [0.25, 0.3) is 0 Å². The Morgan fingerprint density at radius 2 is 1.91 bits per heavy atom. The maximum Gasteiger partial charge on any atom is 0.330 e. The number of hydrogen-bond acceptors (Lipinski definition) is 5. The second-order valence-corrected chi connectivity index (χ2v) is 6.12. The van der Waals surface area contributed by atoms with Gasteiger partial charge in [0.25, 0.3) is 5.56 Å². The molecule has 0 amide bonds. The Morgan fingerprint density at radius 3 is 2.64 bits per heavy atom. The van der Waals surface area contributed by atoms with Crippen LogP contribution in [0.2, 0.25) is 0 Å². The SMILES string of the molecule is Cn1c(CN2CCCC(C3OCCO3)C2)cc(=O)n(C)c1=O. The smallest absolute Gasteiger partial charge is 0.330 e. The summed E-state index contributed by atoms with van der Waals surface area (Å²) in [7, 11) is 3.21. The van der Waals surface area contributed by atoms with Gasteiger partial charge in [-0.1, -0.05) is 0 Å². The first kappa shape index (κ1) is 15.5. The Hall–Kier alpha value is -1.44. The van der Waals surface area contributed by atoms with Gasteiger partial charge in [-0.15, -0.1) is 0 Å². The van der Waals surface area contributed by atoms with E-state index in [0.29, 0.717) is 25.7 Å². The van der Waals surface area contributed by atoms with Crippen molar-refractivity contribution >= 4 is 0 Å². The second-order valence-electron chi connectivity index (χ2n) is 6.12. The molecule has 2 aliphatic rings. The number of hydrogen-bond donors (Lipinski definition) is 0. The molecular weight excluding hydrogens is 286 g/mol. The van der Waals surface area contributed by atoms with Crippen molar-refractivity contribution in [2.24, 2.45) is 20.0 Å². The molecule has 0 spiro atoms. The van der Waals surface area contributed by atoms with E-state index >= 15 is 0 Å². The zero-order valence-corrected chi connectivity index (χ0v) is 13.2. The summed E-state index contributed by atoms with van der Waals surface area (Å²) < 4.78 is 13.9. The molecule has 7 nitrogen and oxygen atoms in total. The molecule has 2 aliphatic heterocycles. The third-order valence-electron chi connectivity index (χ3n) is 4.59. The van der Waals surface area contributed by atoms with Crippen LogP contribution in [0.5, 0.6) is 0 Å². The highest BCUT2D eigenvalue weighted by Crippen LogP contribution is 2.25. The van der Waals surface area contributed by atoms with Gasteiger partial charge in [0.05, 0.1) is 13.2 Å². The highest BCUT2D eigenvalue weighted by atomic mass is 16.7. The summed E-state index contributed by atoms with van der Waals surface area (Å²) in [5.74, 6) is 0.361. The summed E-state index contributed by atoms with van der Waals surface area (Å²) in [6, 6.07) is 1.55. The van der Waals surface area contributed by atoms with Crippen molar-refractivity contribution in [2.75, 3.05) is 26.3 Å². The first-order valence-corrected chi connectivity index (χ1v) is 7.78. The Kier molecular flexibility index (Phi) is 4.46. The van der Waals surface area contributed by atoms with Crippen molar-refractivity contribution < 1.29 is 9.47 Å². The molecule has 22 heavy (non-hydrogen) atoms. The molecular formula is C15H23N3O4. The molecule has 7 heteroatoms. The summed E-state index contributed by atoms with van der Waals surface area (Å²) in [6.45, 7) is 3.78. The summed E-state index contributed by atoms with van der Waals surface area (Å²) in [5.41, 5.74) is 0.217. The number of aromatic nitrogens is 2. The van der Waals surface area contributed by atoms with Gasteiger partial charge in [0.1, 0.15) is 0 Å². The van der Waals surface area contributed by atoms with Crippen LogP contribution < -0.4 is 11.2 Å². The maximum atomic E-state index is 12.0. The normalized spacial score (nSPS) is 24.0. The van der Waals surface area contributed by atoms with Crippen LogP contribution in [0.1, 0.15) is 18.5 Å². The summed E-state index contributed by atoms with van der Waals surface area (Å²) in [6.07, 6.45) is 2.07. The molecule has 1 aromatic heterocycles. The van der Waals surface area contributed by atoms with E-state index in [1.165, 1.54) is 7.05 Å². The van der Waals surface area contributed by atoms with Gasteiger partial charge in [-0.25, -0.2) is 4.79 Å². The highest BCUT2D eigenvalue weighted by molar-refractivity contribution is 5.02. The van der Waals surface area contributed by atoms with Gasteiger partial charge in [-0.05, 0) is 19.4 Å². The topological polar surface area (TPSA) is 65.7 Å². The molecule has 3 heterocycles. The minimum atomic E-state index is -0.279. The number of nitrogens with zero attached hydrogens (tertiary/aromatic N) is 3. The van der Waals surface area contributed by atoms with Crippen LogP contribution >= 0.6 is 0 Å². The molecule has 0 radical (unpaired) electrons. The lowest BCUT2D eigenvalue weighted by atomic mass is 9.97. The fourth-order valence-corrected chi connectivity index (χ4v) is 3.26. The molecule has 0 bridgehead atoms. The van der Waals surface area contributed by atoms with Gasteiger partial charge in [0.2, 0.25) is 0 Å². The number of ether oxygens (including phenoxy) is 2. The van der Waals surface area contributed by atoms with Crippen LogP contribution in [0.3, 0.4) is 0 Å². The van der Waals surface area contributed by atoms with Gasteiger partial charge in [0, 0.05) is 44.9 Å². The van der Waals surface area contributed by atoms with Crippen LogP contribution in [0, 0.1) is 5.92 Å². The maximum absolute atomic E-state index is 12.0. The molecule has 1 unspecified atom stereocenters. The molecule has 0 saturated carbocycles. The standard InChI is InChI=1S/C15H23N3O4/c1-16-12(8-13(19)17(2)15(16)20)10-18-5-3-4-11(9-18)14-21-6-7-22-14/h8,11,14H,3-7,9-10H2,1-2H3. The molecule has 0 aliphatic carbocycles. The van der Waals surface area contributed by atoms with Crippen LogP contribution in [0.4, 0.5) is 0 Å². The summed E-state index contributed by atoms with van der Waals surface area (Å²) >= 11 is 0. The van der Waals surface area contributed by atoms with Crippen molar-refractivity contribution in [3.05, 3.63) is 32.6 Å². The first-order chi connectivity index (χ1) is 10.6. The predicted molar refractivity (Wildman–Crippen MR) is 80.6 cm³/mol.